The quantitative estimate of drug-likeness (QED) is 0.869. The van der Waals surface area contributed by atoms with Crippen molar-refractivity contribution >= 4 is 27.4 Å². The number of halogens is 1. The highest BCUT2D eigenvalue weighted by Crippen LogP contribution is 2.26. The van der Waals surface area contributed by atoms with Crippen LogP contribution in [-0.4, -0.2) is 41.2 Å². The summed E-state index contributed by atoms with van der Waals surface area (Å²) in [5, 5.41) is 0. The second kappa shape index (κ2) is 5.46. The molecule has 0 N–H and O–H groups in total. The number of imidazole rings is 1. The van der Waals surface area contributed by atoms with Crippen LogP contribution in [-0.2, 0) is 4.74 Å². The van der Waals surface area contributed by atoms with Crippen molar-refractivity contribution in [2.45, 2.75) is 12.8 Å². The minimum atomic E-state index is 0.578. The molecule has 0 aromatic carbocycles. The van der Waals surface area contributed by atoms with Crippen molar-refractivity contribution in [2.75, 3.05) is 31.7 Å². The van der Waals surface area contributed by atoms with Gasteiger partial charge in [-0.05, 0) is 34.7 Å². The molecule has 102 valence electrons. The number of fused-ring (bicyclic) bond motifs is 1. The van der Waals surface area contributed by atoms with Crippen molar-refractivity contribution in [2.24, 2.45) is 5.92 Å². The molecule has 2 aromatic rings. The van der Waals surface area contributed by atoms with Crippen molar-refractivity contribution in [3.63, 3.8) is 0 Å². The summed E-state index contributed by atoms with van der Waals surface area (Å²) in [5.74, 6) is 1.54. The molecule has 19 heavy (non-hydrogen) atoms. The molecule has 0 aliphatic carbocycles. The van der Waals surface area contributed by atoms with Gasteiger partial charge in [-0.1, -0.05) is 0 Å². The molecule has 3 heterocycles. The molecule has 0 amide bonds. The molecular weight excluding hydrogens is 308 g/mol. The number of hydrogen-bond acceptors (Lipinski definition) is 4. The number of anilines is 1. The van der Waals surface area contributed by atoms with Gasteiger partial charge in [0.05, 0.1) is 6.61 Å². The maximum atomic E-state index is 5.28. The van der Waals surface area contributed by atoms with E-state index in [-0.39, 0.29) is 0 Å². The summed E-state index contributed by atoms with van der Waals surface area (Å²) in [6.07, 6.45) is 8.09. The molecule has 1 atom stereocenters. The Bertz CT molecular complexity index is 569. The predicted octanol–water partition coefficient (Wildman–Crippen LogP) is 2.35. The predicted molar refractivity (Wildman–Crippen MR) is 77.5 cm³/mol. The van der Waals surface area contributed by atoms with Crippen LogP contribution in [0.2, 0.25) is 0 Å². The van der Waals surface area contributed by atoms with Crippen LogP contribution in [0.4, 0.5) is 5.82 Å². The first-order chi connectivity index (χ1) is 9.28. The second-order valence-corrected chi connectivity index (χ2v) is 5.77. The van der Waals surface area contributed by atoms with Crippen LogP contribution >= 0.6 is 15.9 Å². The van der Waals surface area contributed by atoms with E-state index in [4.69, 9.17) is 4.74 Å². The zero-order valence-corrected chi connectivity index (χ0v) is 12.5. The Morgan fingerprint density at radius 3 is 3.26 bits per heavy atom. The molecular formula is C13H17BrN4O. The normalized spacial score (nSPS) is 20.1. The van der Waals surface area contributed by atoms with Gasteiger partial charge in [0, 0.05) is 38.8 Å². The molecule has 1 fully saturated rings. The highest BCUT2D eigenvalue weighted by atomic mass is 79.9. The third-order valence-electron chi connectivity index (χ3n) is 3.55. The summed E-state index contributed by atoms with van der Waals surface area (Å²) in [4.78, 5) is 11.3. The Kier molecular flexibility index (Phi) is 3.70. The van der Waals surface area contributed by atoms with Gasteiger partial charge in [-0.25, -0.2) is 9.97 Å². The summed E-state index contributed by atoms with van der Waals surface area (Å²) in [5.41, 5.74) is 0.918. The van der Waals surface area contributed by atoms with E-state index in [0.717, 1.165) is 35.8 Å². The first-order valence-corrected chi connectivity index (χ1v) is 7.30. The zero-order chi connectivity index (χ0) is 13.2. The Hall–Kier alpha value is -1.14. The smallest absolute Gasteiger partial charge is 0.180 e. The maximum absolute atomic E-state index is 5.28. The maximum Gasteiger partial charge on any atom is 0.180 e. The van der Waals surface area contributed by atoms with E-state index in [1.54, 1.807) is 7.11 Å². The lowest BCUT2D eigenvalue weighted by Crippen LogP contribution is -2.38. The third kappa shape index (κ3) is 2.60. The summed E-state index contributed by atoms with van der Waals surface area (Å²) in [6, 6.07) is 0. The fourth-order valence-corrected chi connectivity index (χ4v) is 3.12. The van der Waals surface area contributed by atoms with E-state index < -0.39 is 0 Å². The van der Waals surface area contributed by atoms with Crippen LogP contribution in [0.5, 0.6) is 0 Å². The lowest BCUT2D eigenvalue weighted by molar-refractivity contribution is 0.143. The van der Waals surface area contributed by atoms with Crippen LogP contribution in [0.15, 0.2) is 23.2 Å². The third-order valence-corrected chi connectivity index (χ3v) is 3.93. The van der Waals surface area contributed by atoms with Gasteiger partial charge in [-0.3, -0.25) is 0 Å². The Morgan fingerprint density at radius 2 is 2.42 bits per heavy atom. The first kappa shape index (κ1) is 12.9. The van der Waals surface area contributed by atoms with Crippen LogP contribution in [0, 0.1) is 5.92 Å². The number of ether oxygens (including phenoxy) is 1. The molecule has 1 aliphatic heterocycles. The highest BCUT2D eigenvalue weighted by Gasteiger charge is 2.23. The number of aromatic nitrogens is 3. The molecule has 1 saturated heterocycles. The minimum absolute atomic E-state index is 0.578. The largest absolute Gasteiger partial charge is 0.384 e. The number of rotatable bonds is 3. The van der Waals surface area contributed by atoms with Crippen LogP contribution in [0.3, 0.4) is 0 Å². The summed E-state index contributed by atoms with van der Waals surface area (Å²) in [6.45, 7) is 2.83. The van der Waals surface area contributed by atoms with Crippen LogP contribution in [0.1, 0.15) is 12.8 Å². The fourth-order valence-electron chi connectivity index (χ4n) is 2.73. The molecule has 6 heteroatoms. The zero-order valence-electron chi connectivity index (χ0n) is 10.9. The van der Waals surface area contributed by atoms with Gasteiger partial charge in [0.2, 0.25) is 0 Å². The van der Waals surface area contributed by atoms with Gasteiger partial charge in [0.25, 0.3) is 0 Å². The fraction of sp³-hybridized carbons (Fsp3) is 0.538. The second-order valence-electron chi connectivity index (χ2n) is 4.95. The molecule has 3 rings (SSSR count). The lowest BCUT2D eigenvalue weighted by atomic mass is 9.99. The molecule has 2 aromatic heterocycles. The Morgan fingerprint density at radius 1 is 1.53 bits per heavy atom. The highest BCUT2D eigenvalue weighted by molar-refractivity contribution is 9.10. The molecule has 0 saturated carbocycles. The average Bonchev–Trinajstić information content (AvgIpc) is 2.86. The van der Waals surface area contributed by atoms with E-state index in [1.165, 1.54) is 12.8 Å². The van der Waals surface area contributed by atoms with Crippen molar-refractivity contribution in [3.8, 4) is 0 Å². The van der Waals surface area contributed by atoms with Gasteiger partial charge < -0.3 is 14.0 Å². The van der Waals surface area contributed by atoms with Gasteiger partial charge in [-0.2, -0.15) is 0 Å². The molecule has 5 nitrogen and oxygen atoms in total. The van der Waals surface area contributed by atoms with Gasteiger partial charge in [-0.15, -0.1) is 0 Å². The lowest BCUT2D eigenvalue weighted by Gasteiger charge is -2.33. The van der Waals surface area contributed by atoms with Crippen molar-refractivity contribution in [1.82, 2.24) is 14.4 Å². The summed E-state index contributed by atoms with van der Waals surface area (Å²) < 4.78 is 8.13. The van der Waals surface area contributed by atoms with E-state index in [1.807, 2.05) is 23.0 Å². The van der Waals surface area contributed by atoms with E-state index in [2.05, 4.69) is 30.8 Å². The van der Waals surface area contributed by atoms with E-state index >= 15 is 0 Å². The van der Waals surface area contributed by atoms with Crippen LogP contribution in [0.25, 0.3) is 5.65 Å². The van der Waals surface area contributed by atoms with Crippen molar-refractivity contribution in [3.05, 3.63) is 23.2 Å². The first-order valence-electron chi connectivity index (χ1n) is 6.51. The molecule has 0 bridgehead atoms. The van der Waals surface area contributed by atoms with Crippen molar-refractivity contribution in [1.29, 1.82) is 0 Å². The topological polar surface area (TPSA) is 42.7 Å². The number of hydrogen-bond donors (Lipinski definition) is 0. The summed E-state index contributed by atoms with van der Waals surface area (Å²) in [7, 11) is 1.77. The monoisotopic (exact) mass is 324 g/mol. The Labute approximate surface area is 120 Å². The van der Waals surface area contributed by atoms with Crippen LogP contribution < -0.4 is 4.90 Å². The Balaban J connectivity index is 1.92. The van der Waals surface area contributed by atoms with Gasteiger partial charge in [0.1, 0.15) is 4.60 Å². The molecule has 1 unspecified atom stereocenters. The number of methoxy groups -OCH3 is 1. The molecule has 1 aliphatic rings. The van der Waals surface area contributed by atoms with Gasteiger partial charge >= 0.3 is 0 Å². The summed E-state index contributed by atoms with van der Waals surface area (Å²) >= 11 is 3.47. The standard InChI is InChI=1S/C13H17BrN4O/c1-19-9-10-3-2-5-17(7-10)13-12-15-4-6-18(12)8-11(14)16-13/h4,6,8,10H,2-3,5,7,9H2,1H3. The van der Waals surface area contributed by atoms with Gasteiger partial charge in [0.15, 0.2) is 11.5 Å². The molecule has 0 radical (unpaired) electrons. The number of piperidine rings is 1. The number of nitrogens with zero attached hydrogens (tertiary/aromatic N) is 4. The molecule has 0 spiro atoms. The average molecular weight is 325 g/mol. The van der Waals surface area contributed by atoms with Crippen molar-refractivity contribution < 1.29 is 4.74 Å². The van der Waals surface area contributed by atoms with E-state index in [9.17, 15) is 0 Å². The minimum Gasteiger partial charge on any atom is -0.384 e. The van der Waals surface area contributed by atoms with E-state index in [0.29, 0.717) is 5.92 Å². The SMILES string of the molecule is COCC1CCCN(c2nc(Br)cn3ccnc23)C1.